The van der Waals surface area contributed by atoms with Gasteiger partial charge in [-0.15, -0.1) is 0 Å². The normalized spacial score (nSPS) is 24.2. The molecule has 0 atom stereocenters. The van der Waals surface area contributed by atoms with Crippen LogP contribution in [0.2, 0.25) is 0 Å². The average molecular weight is 217 g/mol. The Morgan fingerprint density at radius 2 is 1.75 bits per heavy atom. The van der Waals surface area contributed by atoms with E-state index in [1.54, 1.807) is 0 Å². The van der Waals surface area contributed by atoms with Gasteiger partial charge in [0, 0.05) is 13.1 Å². The number of rotatable bonds is 3. The monoisotopic (exact) mass is 217 g/mol. The first kappa shape index (κ1) is 10.3. The van der Waals surface area contributed by atoms with Crippen LogP contribution in [0.3, 0.4) is 0 Å². The van der Waals surface area contributed by atoms with Crippen molar-refractivity contribution < 1.29 is 4.74 Å². The highest BCUT2D eigenvalue weighted by atomic mass is 16.5. The Morgan fingerprint density at radius 3 is 2.31 bits per heavy atom. The molecule has 1 N–H and O–H groups in total. The molecule has 2 nitrogen and oxygen atoms in total. The maximum Gasteiger partial charge on any atom is 0.0936 e. The molecule has 3 rings (SSSR count). The van der Waals surface area contributed by atoms with Gasteiger partial charge in [-0.1, -0.05) is 43.2 Å². The van der Waals surface area contributed by atoms with Crippen molar-refractivity contribution in [1.82, 2.24) is 5.32 Å². The van der Waals surface area contributed by atoms with Crippen LogP contribution >= 0.6 is 0 Å². The molecule has 1 saturated carbocycles. The zero-order valence-corrected chi connectivity index (χ0v) is 9.61. The van der Waals surface area contributed by atoms with Gasteiger partial charge in [0.2, 0.25) is 0 Å². The maximum atomic E-state index is 6.36. The predicted octanol–water partition coefficient (Wildman–Crippen LogP) is 2.44. The van der Waals surface area contributed by atoms with Gasteiger partial charge in [-0.25, -0.2) is 0 Å². The van der Waals surface area contributed by atoms with Gasteiger partial charge in [-0.05, 0) is 18.4 Å². The van der Waals surface area contributed by atoms with Gasteiger partial charge >= 0.3 is 0 Å². The summed E-state index contributed by atoms with van der Waals surface area (Å²) < 4.78 is 6.36. The predicted molar refractivity (Wildman–Crippen MR) is 64.3 cm³/mol. The van der Waals surface area contributed by atoms with E-state index in [1.807, 2.05) is 0 Å². The Balaban J connectivity index is 1.84. The van der Waals surface area contributed by atoms with Crippen molar-refractivity contribution >= 4 is 0 Å². The molecule has 86 valence electrons. The van der Waals surface area contributed by atoms with Crippen LogP contribution in [0.4, 0.5) is 0 Å². The van der Waals surface area contributed by atoms with Gasteiger partial charge in [0.15, 0.2) is 0 Å². The molecule has 1 aromatic carbocycles. The van der Waals surface area contributed by atoms with Crippen LogP contribution in [-0.4, -0.2) is 19.2 Å². The fourth-order valence-corrected chi connectivity index (χ4v) is 2.83. The van der Waals surface area contributed by atoms with Crippen molar-refractivity contribution in [2.45, 2.75) is 37.4 Å². The lowest BCUT2D eigenvalue weighted by Crippen LogP contribution is -2.51. The van der Waals surface area contributed by atoms with E-state index in [9.17, 15) is 0 Å². The molecule has 2 heteroatoms. The lowest BCUT2D eigenvalue weighted by atomic mass is 9.91. The molecule has 1 aliphatic carbocycles. The summed E-state index contributed by atoms with van der Waals surface area (Å²) in [4.78, 5) is 0. The van der Waals surface area contributed by atoms with Crippen LogP contribution in [0.5, 0.6) is 0 Å². The summed E-state index contributed by atoms with van der Waals surface area (Å²) >= 11 is 0. The largest absolute Gasteiger partial charge is 0.364 e. The first-order valence-corrected chi connectivity index (χ1v) is 6.33. The second-order valence-electron chi connectivity index (χ2n) is 4.97. The molecule has 0 aromatic heterocycles. The molecule has 1 saturated heterocycles. The van der Waals surface area contributed by atoms with E-state index in [4.69, 9.17) is 4.74 Å². The molecule has 0 unspecified atom stereocenters. The third-order valence-corrected chi connectivity index (χ3v) is 3.85. The molecule has 1 heterocycles. The summed E-state index contributed by atoms with van der Waals surface area (Å²) in [6, 6.07) is 10.8. The van der Waals surface area contributed by atoms with Crippen molar-refractivity contribution in [1.29, 1.82) is 0 Å². The van der Waals surface area contributed by atoms with Crippen molar-refractivity contribution in [2.75, 3.05) is 13.1 Å². The second kappa shape index (κ2) is 4.19. The second-order valence-corrected chi connectivity index (χ2v) is 4.97. The van der Waals surface area contributed by atoms with Gasteiger partial charge in [-0.3, -0.25) is 0 Å². The quantitative estimate of drug-likeness (QED) is 0.839. The first-order chi connectivity index (χ1) is 7.89. The molecular weight excluding hydrogens is 198 g/mol. The maximum absolute atomic E-state index is 6.36. The molecule has 0 radical (unpaired) electrons. The van der Waals surface area contributed by atoms with Crippen molar-refractivity contribution in [3.63, 3.8) is 0 Å². The Hall–Kier alpha value is -0.860. The van der Waals surface area contributed by atoms with E-state index in [0.29, 0.717) is 6.10 Å². The third-order valence-electron chi connectivity index (χ3n) is 3.85. The fraction of sp³-hybridized carbons (Fsp3) is 0.571. The topological polar surface area (TPSA) is 21.3 Å². The van der Waals surface area contributed by atoms with Crippen LogP contribution < -0.4 is 5.32 Å². The first-order valence-electron chi connectivity index (χ1n) is 6.33. The molecule has 0 spiro atoms. The molecule has 1 aromatic rings. The van der Waals surface area contributed by atoms with Crippen LogP contribution in [0, 0.1) is 0 Å². The highest BCUT2D eigenvalue weighted by molar-refractivity contribution is 5.24. The summed E-state index contributed by atoms with van der Waals surface area (Å²) in [5.74, 6) is 0. The zero-order chi connectivity index (χ0) is 10.8. The van der Waals surface area contributed by atoms with E-state index in [0.717, 1.165) is 13.1 Å². The number of nitrogens with one attached hydrogen (secondary N) is 1. The summed E-state index contributed by atoms with van der Waals surface area (Å²) in [7, 11) is 0. The van der Waals surface area contributed by atoms with E-state index >= 15 is 0 Å². The number of ether oxygens (including phenoxy) is 1. The molecule has 2 aliphatic rings. The summed E-state index contributed by atoms with van der Waals surface area (Å²) in [5, 5.41) is 3.28. The van der Waals surface area contributed by atoms with Crippen LogP contribution in [0.25, 0.3) is 0 Å². The molecule has 0 bridgehead atoms. The van der Waals surface area contributed by atoms with Gasteiger partial charge in [0.05, 0.1) is 11.7 Å². The minimum atomic E-state index is 0.0219. The SMILES string of the molecule is c1ccc(C2(OC3CNC3)CCCC2)cc1. The highest BCUT2D eigenvalue weighted by Gasteiger charge is 2.39. The number of hydrogen-bond donors (Lipinski definition) is 1. The Kier molecular flexibility index (Phi) is 2.70. The van der Waals surface area contributed by atoms with E-state index in [-0.39, 0.29) is 5.60 Å². The summed E-state index contributed by atoms with van der Waals surface area (Å²) in [5.41, 5.74) is 1.40. The Labute approximate surface area is 97.0 Å². The lowest BCUT2D eigenvalue weighted by molar-refractivity contribution is -0.113. The van der Waals surface area contributed by atoms with Gasteiger partial charge in [0.25, 0.3) is 0 Å². The Morgan fingerprint density at radius 1 is 1.06 bits per heavy atom. The standard InChI is InChI=1S/C14H19NO/c1-2-6-12(7-3-1)14(8-4-5-9-14)16-13-10-15-11-13/h1-3,6-7,13,15H,4-5,8-11H2. The average Bonchev–Trinajstić information content (AvgIpc) is 2.75. The number of hydrogen-bond acceptors (Lipinski definition) is 2. The summed E-state index contributed by atoms with van der Waals surface area (Å²) in [6.07, 6.45) is 5.41. The fourth-order valence-electron chi connectivity index (χ4n) is 2.83. The number of benzene rings is 1. The van der Waals surface area contributed by atoms with E-state index < -0.39 is 0 Å². The molecule has 0 amide bonds. The Bertz CT molecular complexity index is 339. The van der Waals surface area contributed by atoms with Crippen LogP contribution in [0.15, 0.2) is 30.3 Å². The zero-order valence-electron chi connectivity index (χ0n) is 9.61. The minimum absolute atomic E-state index is 0.0219. The van der Waals surface area contributed by atoms with Crippen LogP contribution in [-0.2, 0) is 10.3 Å². The van der Waals surface area contributed by atoms with Crippen molar-refractivity contribution in [2.24, 2.45) is 0 Å². The van der Waals surface area contributed by atoms with E-state index in [1.165, 1.54) is 31.2 Å². The van der Waals surface area contributed by atoms with E-state index in [2.05, 4.69) is 35.6 Å². The highest BCUT2D eigenvalue weighted by Crippen LogP contribution is 2.43. The molecule has 1 aliphatic heterocycles. The van der Waals surface area contributed by atoms with Crippen molar-refractivity contribution in [3.8, 4) is 0 Å². The van der Waals surface area contributed by atoms with Crippen LogP contribution in [0.1, 0.15) is 31.2 Å². The molecular formula is C14H19NO. The van der Waals surface area contributed by atoms with Gasteiger partial charge < -0.3 is 10.1 Å². The third kappa shape index (κ3) is 1.76. The summed E-state index contributed by atoms with van der Waals surface area (Å²) in [6.45, 7) is 2.04. The van der Waals surface area contributed by atoms with Crippen molar-refractivity contribution in [3.05, 3.63) is 35.9 Å². The van der Waals surface area contributed by atoms with Gasteiger partial charge in [-0.2, -0.15) is 0 Å². The van der Waals surface area contributed by atoms with Gasteiger partial charge in [0.1, 0.15) is 0 Å². The minimum Gasteiger partial charge on any atom is -0.364 e. The molecule has 16 heavy (non-hydrogen) atoms. The lowest BCUT2D eigenvalue weighted by Gasteiger charge is -2.38. The smallest absolute Gasteiger partial charge is 0.0936 e. The molecule has 2 fully saturated rings.